The molecule has 0 radical (unpaired) electrons. The SMILES string of the molecule is C=CC1CCCC(NCC(C)C)C1. The van der Waals surface area contributed by atoms with E-state index < -0.39 is 0 Å². The maximum Gasteiger partial charge on any atom is 0.00727 e. The largest absolute Gasteiger partial charge is 0.314 e. The minimum atomic E-state index is 0.749. The van der Waals surface area contributed by atoms with Gasteiger partial charge in [-0.3, -0.25) is 0 Å². The van der Waals surface area contributed by atoms with E-state index in [2.05, 4.69) is 31.8 Å². The molecular formula is C12H23N. The van der Waals surface area contributed by atoms with Crippen LogP contribution in [0.4, 0.5) is 0 Å². The fourth-order valence-electron chi connectivity index (χ4n) is 2.03. The normalized spacial score (nSPS) is 29.2. The molecule has 1 rings (SSSR count). The highest BCUT2D eigenvalue weighted by atomic mass is 14.9. The minimum absolute atomic E-state index is 0.749. The Bertz CT molecular complexity index is 151. The molecule has 13 heavy (non-hydrogen) atoms. The smallest absolute Gasteiger partial charge is 0.00727 e. The Hall–Kier alpha value is -0.300. The van der Waals surface area contributed by atoms with Crippen molar-refractivity contribution >= 4 is 0 Å². The fourth-order valence-corrected chi connectivity index (χ4v) is 2.03. The van der Waals surface area contributed by atoms with E-state index in [1.807, 2.05) is 0 Å². The summed E-state index contributed by atoms with van der Waals surface area (Å²) in [5.41, 5.74) is 0. The van der Waals surface area contributed by atoms with Gasteiger partial charge in [0.25, 0.3) is 0 Å². The van der Waals surface area contributed by atoms with Crippen molar-refractivity contribution in [3.63, 3.8) is 0 Å². The van der Waals surface area contributed by atoms with Crippen LogP contribution >= 0.6 is 0 Å². The molecule has 0 aromatic heterocycles. The van der Waals surface area contributed by atoms with Crippen LogP contribution in [0.5, 0.6) is 0 Å². The maximum absolute atomic E-state index is 3.89. The number of rotatable bonds is 4. The third-order valence-electron chi connectivity index (χ3n) is 2.86. The van der Waals surface area contributed by atoms with E-state index in [0.717, 1.165) is 24.4 Å². The van der Waals surface area contributed by atoms with Gasteiger partial charge in [0.15, 0.2) is 0 Å². The van der Waals surface area contributed by atoms with Gasteiger partial charge in [0.05, 0.1) is 0 Å². The van der Waals surface area contributed by atoms with E-state index in [1.54, 1.807) is 0 Å². The molecule has 2 unspecified atom stereocenters. The van der Waals surface area contributed by atoms with Crippen molar-refractivity contribution in [2.45, 2.75) is 45.6 Å². The Labute approximate surface area is 82.6 Å². The van der Waals surface area contributed by atoms with Crippen molar-refractivity contribution in [1.29, 1.82) is 0 Å². The van der Waals surface area contributed by atoms with Gasteiger partial charge in [-0.2, -0.15) is 0 Å². The third-order valence-corrected chi connectivity index (χ3v) is 2.86. The van der Waals surface area contributed by atoms with Crippen LogP contribution in [0.15, 0.2) is 12.7 Å². The highest BCUT2D eigenvalue weighted by molar-refractivity contribution is 4.87. The minimum Gasteiger partial charge on any atom is -0.314 e. The fraction of sp³-hybridized carbons (Fsp3) is 0.833. The molecule has 0 amide bonds. The zero-order valence-corrected chi connectivity index (χ0v) is 9.05. The third kappa shape index (κ3) is 3.95. The molecule has 2 atom stereocenters. The monoisotopic (exact) mass is 181 g/mol. The maximum atomic E-state index is 3.89. The molecule has 1 aliphatic carbocycles. The predicted molar refractivity (Wildman–Crippen MR) is 58.8 cm³/mol. The molecule has 1 fully saturated rings. The Kier molecular flexibility index (Phi) is 4.51. The van der Waals surface area contributed by atoms with Crippen LogP contribution in [-0.4, -0.2) is 12.6 Å². The summed E-state index contributed by atoms with van der Waals surface area (Å²) in [6, 6.07) is 0.749. The zero-order valence-electron chi connectivity index (χ0n) is 9.05. The van der Waals surface area contributed by atoms with E-state index >= 15 is 0 Å². The van der Waals surface area contributed by atoms with Gasteiger partial charge in [0, 0.05) is 6.04 Å². The zero-order chi connectivity index (χ0) is 9.68. The summed E-state index contributed by atoms with van der Waals surface area (Å²) in [6.45, 7) is 9.58. The molecule has 0 saturated heterocycles. The quantitative estimate of drug-likeness (QED) is 0.657. The summed E-state index contributed by atoms with van der Waals surface area (Å²) in [5.74, 6) is 1.53. The lowest BCUT2D eigenvalue weighted by Gasteiger charge is -2.28. The summed E-state index contributed by atoms with van der Waals surface area (Å²) in [6.07, 6.45) is 7.51. The van der Waals surface area contributed by atoms with Crippen molar-refractivity contribution < 1.29 is 0 Å². The Morgan fingerprint density at radius 3 is 2.85 bits per heavy atom. The first kappa shape index (κ1) is 10.8. The van der Waals surface area contributed by atoms with Gasteiger partial charge in [-0.25, -0.2) is 0 Å². The van der Waals surface area contributed by atoms with Crippen LogP contribution in [0.3, 0.4) is 0 Å². The molecule has 0 bridgehead atoms. The number of hydrogen-bond acceptors (Lipinski definition) is 1. The first-order chi connectivity index (χ1) is 6.22. The summed E-state index contributed by atoms with van der Waals surface area (Å²) >= 11 is 0. The molecule has 1 heteroatoms. The number of allylic oxidation sites excluding steroid dienone is 1. The lowest BCUT2D eigenvalue weighted by Crippen LogP contribution is -2.35. The van der Waals surface area contributed by atoms with E-state index in [9.17, 15) is 0 Å². The lowest BCUT2D eigenvalue weighted by molar-refractivity contribution is 0.314. The molecule has 0 spiro atoms. The van der Waals surface area contributed by atoms with E-state index in [-0.39, 0.29) is 0 Å². The van der Waals surface area contributed by atoms with Crippen molar-refractivity contribution in [2.24, 2.45) is 11.8 Å². The van der Waals surface area contributed by atoms with Crippen LogP contribution in [0.1, 0.15) is 39.5 Å². The predicted octanol–water partition coefficient (Wildman–Crippen LogP) is 2.98. The standard InChI is InChI=1S/C12H23N/c1-4-11-6-5-7-12(8-11)13-9-10(2)3/h4,10-13H,1,5-9H2,2-3H3. The Balaban J connectivity index is 2.21. The number of hydrogen-bond donors (Lipinski definition) is 1. The lowest BCUT2D eigenvalue weighted by atomic mass is 9.86. The molecule has 76 valence electrons. The molecule has 1 N–H and O–H groups in total. The molecule has 1 saturated carbocycles. The average Bonchev–Trinajstić information content (AvgIpc) is 2.15. The summed E-state index contributed by atoms with van der Waals surface area (Å²) in [4.78, 5) is 0. The van der Waals surface area contributed by atoms with Gasteiger partial charge in [-0.05, 0) is 37.6 Å². The van der Waals surface area contributed by atoms with Crippen LogP contribution in [-0.2, 0) is 0 Å². The summed E-state index contributed by atoms with van der Waals surface area (Å²) in [5, 5.41) is 3.64. The van der Waals surface area contributed by atoms with Crippen LogP contribution in [0, 0.1) is 11.8 Å². The van der Waals surface area contributed by atoms with Gasteiger partial charge in [0.2, 0.25) is 0 Å². The van der Waals surface area contributed by atoms with Crippen LogP contribution in [0.2, 0.25) is 0 Å². The van der Waals surface area contributed by atoms with Gasteiger partial charge in [-0.15, -0.1) is 6.58 Å². The van der Waals surface area contributed by atoms with Crippen molar-refractivity contribution in [2.75, 3.05) is 6.54 Å². The van der Waals surface area contributed by atoms with E-state index in [0.29, 0.717) is 0 Å². The molecule has 0 aromatic rings. The molecule has 1 nitrogen and oxygen atoms in total. The molecule has 0 aromatic carbocycles. The second kappa shape index (κ2) is 5.43. The first-order valence-electron chi connectivity index (χ1n) is 5.58. The molecule has 1 aliphatic rings. The van der Waals surface area contributed by atoms with Gasteiger partial charge < -0.3 is 5.32 Å². The molecular weight excluding hydrogens is 158 g/mol. The van der Waals surface area contributed by atoms with Crippen molar-refractivity contribution in [1.82, 2.24) is 5.32 Å². The highest BCUT2D eigenvalue weighted by Gasteiger charge is 2.19. The first-order valence-corrected chi connectivity index (χ1v) is 5.58. The number of nitrogens with one attached hydrogen (secondary N) is 1. The summed E-state index contributed by atoms with van der Waals surface area (Å²) < 4.78 is 0. The highest BCUT2D eigenvalue weighted by Crippen LogP contribution is 2.24. The molecule has 0 heterocycles. The van der Waals surface area contributed by atoms with Gasteiger partial charge in [-0.1, -0.05) is 26.3 Å². The average molecular weight is 181 g/mol. The van der Waals surface area contributed by atoms with Gasteiger partial charge in [0.1, 0.15) is 0 Å². The Morgan fingerprint density at radius 2 is 2.23 bits per heavy atom. The van der Waals surface area contributed by atoms with Crippen LogP contribution in [0.25, 0.3) is 0 Å². The second-order valence-electron chi connectivity index (χ2n) is 4.66. The van der Waals surface area contributed by atoms with E-state index in [1.165, 1.54) is 25.7 Å². The summed E-state index contributed by atoms with van der Waals surface area (Å²) in [7, 11) is 0. The second-order valence-corrected chi connectivity index (χ2v) is 4.66. The van der Waals surface area contributed by atoms with Crippen molar-refractivity contribution in [3.05, 3.63) is 12.7 Å². The van der Waals surface area contributed by atoms with Gasteiger partial charge >= 0.3 is 0 Å². The van der Waals surface area contributed by atoms with E-state index in [4.69, 9.17) is 0 Å². The topological polar surface area (TPSA) is 12.0 Å². The van der Waals surface area contributed by atoms with Crippen molar-refractivity contribution in [3.8, 4) is 0 Å². The molecule has 0 aliphatic heterocycles. The Morgan fingerprint density at radius 1 is 1.46 bits per heavy atom. The van der Waals surface area contributed by atoms with Crippen LogP contribution < -0.4 is 5.32 Å².